The van der Waals surface area contributed by atoms with Gasteiger partial charge >= 0.3 is 5.97 Å². The quantitative estimate of drug-likeness (QED) is 0.188. The third-order valence-corrected chi connectivity index (χ3v) is 9.36. The molecule has 3 heterocycles. The highest BCUT2D eigenvalue weighted by atomic mass is 35.5. The largest absolute Gasteiger partial charge is 0.462 e. The summed E-state index contributed by atoms with van der Waals surface area (Å²) in [7, 11) is 0. The van der Waals surface area contributed by atoms with Crippen molar-refractivity contribution < 1.29 is 18.8 Å². The maximum Gasteiger partial charge on any atom is 0.338 e. The molecule has 4 aromatic rings. The summed E-state index contributed by atoms with van der Waals surface area (Å²) in [6.45, 7) is 6.99. The molecule has 0 spiro atoms. The Morgan fingerprint density at radius 1 is 1.12 bits per heavy atom. The first-order chi connectivity index (χ1) is 19.3. The molecule has 1 saturated carbocycles. The van der Waals surface area contributed by atoms with Crippen molar-refractivity contribution in [1.82, 2.24) is 10.1 Å². The molecule has 0 amide bonds. The van der Waals surface area contributed by atoms with Crippen molar-refractivity contribution in [2.75, 3.05) is 11.5 Å². The number of halogens is 2. The van der Waals surface area contributed by atoms with E-state index in [1.807, 2.05) is 37.3 Å². The highest BCUT2D eigenvalue weighted by molar-refractivity contribution is 7.22. The molecule has 0 bridgehead atoms. The van der Waals surface area contributed by atoms with E-state index in [1.165, 1.54) is 0 Å². The first kappa shape index (κ1) is 27.5. The van der Waals surface area contributed by atoms with Crippen LogP contribution in [-0.2, 0) is 16.1 Å². The molecule has 2 fully saturated rings. The molecule has 1 saturated heterocycles. The third kappa shape index (κ3) is 5.34. The van der Waals surface area contributed by atoms with Gasteiger partial charge in [0.25, 0.3) is 0 Å². The first-order valence-corrected chi connectivity index (χ1v) is 15.3. The lowest BCUT2D eigenvalue weighted by atomic mass is 9.95. The number of benzene rings is 2. The van der Waals surface area contributed by atoms with Crippen LogP contribution in [0.4, 0.5) is 5.13 Å². The number of hydrogen-bond donors (Lipinski definition) is 0. The van der Waals surface area contributed by atoms with E-state index in [4.69, 9.17) is 42.2 Å². The minimum Gasteiger partial charge on any atom is -0.462 e. The van der Waals surface area contributed by atoms with Crippen LogP contribution in [0.2, 0.25) is 10.0 Å². The molecule has 1 aliphatic heterocycles. The number of ether oxygens (including phenoxy) is 2. The number of esters is 1. The molecule has 0 unspecified atom stereocenters. The molecule has 0 radical (unpaired) electrons. The van der Waals surface area contributed by atoms with Gasteiger partial charge in [-0.2, -0.15) is 0 Å². The van der Waals surface area contributed by atoms with Crippen molar-refractivity contribution >= 4 is 55.9 Å². The normalized spacial score (nSPS) is 21.2. The Kier molecular flexibility index (Phi) is 7.79. The van der Waals surface area contributed by atoms with Crippen molar-refractivity contribution in [2.24, 2.45) is 0 Å². The summed E-state index contributed by atoms with van der Waals surface area (Å²) in [5.41, 5.74) is 3.75. The van der Waals surface area contributed by atoms with E-state index in [2.05, 4.69) is 23.9 Å². The zero-order valence-electron chi connectivity index (χ0n) is 22.7. The van der Waals surface area contributed by atoms with Gasteiger partial charge in [0.2, 0.25) is 0 Å². The van der Waals surface area contributed by atoms with E-state index in [0.717, 1.165) is 52.4 Å². The molecular weight excluding hydrogens is 569 g/mol. The number of fused-ring (bicyclic) bond motifs is 1. The number of anilines is 1. The number of hydrogen-bond acceptors (Lipinski definition) is 8. The molecule has 210 valence electrons. The van der Waals surface area contributed by atoms with E-state index < -0.39 is 0 Å². The third-order valence-electron chi connectivity index (χ3n) is 7.70. The Morgan fingerprint density at radius 3 is 2.52 bits per heavy atom. The van der Waals surface area contributed by atoms with Gasteiger partial charge in [-0.25, -0.2) is 9.78 Å². The zero-order chi connectivity index (χ0) is 28.0. The number of piperidine rings is 1. The van der Waals surface area contributed by atoms with Gasteiger partial charge in [0.1, 0.15) is 11.5 Å². The van der Waals surface area contributed by atoms with Crippen molar-refractivity contribution in [2.45, 2.75) is 77.2 Å². The fourth-order valence-corrected chi connectivity index (χ4v) is 7.43. The average molecular weight is 601 g/mol. The van der Waals surface area contributed by atoms with E-state index in [9.17, 15) is 4.79 Å². The summed E-state index contributed by atoms with van der Waals surface area (Å²) in [5.74, 6) is 0.960. The lowest BCUT2D eigenvalue weighted by Crippen LogP contribution is -2.49. The van der Waals surface area contributed by atoms with E-state index >= 15 is 0 Å². The summed E-state index contributed by atoms with van der Waals surface area (Å²) >= 11 is 14.7. The molecule has 2 aromatic carbocycles. The smallest absolute Gasteiger partial charge is 0.338 e. The second kappa shape index (κ2) is 11.3. The molecule has 2 atom stereocenters. The van der Waals surface area contributed by atoms with Gasteiger partial charge in [-0.3, -0.25) is 0 Å². The molecular formula is C30H31Cl2N3O4S. The van der Waals surface area contributed by atoms with E-state index in [-0.39, 0.29) is 24.2 Å². The van der Waals surface area contributed by atoms with Gasteiger partial charge in [-0.1, -0.05) is 45.8 Å². The number of rotatable bonds is 8. The van der Waals surface area contributed by atoms with Gasteiger partial charge in [0, 0.05) is 29.1 Å². The number of carbonyl (C=O) groups is 1. The van der Waals surface area contributed by atoms with Gasteiger partial charge in [-0.15, -0.1) is 0 Å². The maximum absolute atomic E-state index is 12.2. The predicted molar refractivity (Wildman–Crippen MR) is 159 cm³/mol. The number of aromatic nitrogens is 2. The van der Waals surface area contributed by atoms with Crippen LogP contribution < -0.4 is 4.90 Å². The molecule has 2 aliphatic rings. The minimum atomic E-state index is -0.309. The van der Waals surface area contributed by atoms with Crippen LogP contribution in [-0.4, -0.2) is 40.9 Å². The van der Waals surface area contributed by atoms with Crippen LogP contribution in [0.25, 0.3) is 21.5 Å². The zero-order valence-corrected chi connectivity index (χ0v) is 25.0. The molecule has 2 aromatic heterocycles. The standard InChI is InChI=1S/C30H31Cl2N3O4S/c1-4-37-29(36)19-10-11-24-25(14-19)40-30(33-24)35-16(2)12-20(13-17(35)3)38-15-21-27(34-39-28(21)18-8-9-18)26-22(31)6-5-7-23(26)32/h5-7,10-11,14,16-18,20H,4,8-9,12-13,15H2,1-3H3/t16-,17-/m0/s1. The predicted octanol–water partition coefficient (Wildman–Crippen LogP) is 8.27. The maximum atomic E-state index is 12.2. The molecule has 40 heavy (non-hydrogen) atoms. The van der Waals surface area contributed by atoms with Gasteiger partial charge < -0.3 is 18.9 Å². The molecule has 7 nitrogen and oxygen atoms in total. The van der Waals surface area contributed by atoms with Crippen molar-refractivity contribution in [3.63, 3.8) is 0 Å². The Morgan fingerprint density at radius 2 is 1.85 bits per heavy atom. The second-order valence-electron chi connectivity index (χ2n) is 10.7. The van der Waals surface area contributed by atoms with Crippen molar-refractivity contribution in [3.8, 4) is 11.3 Å². The lowest BCUT2D eigenvalue weighted by Gasteiger charge is -2.42. The Balaban J connectivity index is 1.18. The van der Waals surface area contributed by atoms with Crippen LogP contribution in [0.15, 0.2) is 40.9 Å². The minimum absolute atomic E-state index is 0.0718. The Bertz CT molecular complexity index is 1520. The second-order valence-corrected chi connectivity index (χ2v) is 12.5. The fraction of sp³-hybridized carbons (Fsp3) is 0.433. The SMILES string of the molecule is CCOC(=O)c1ccc2nc(N3[C@@H](C)CC(OCc4c(-c5c(Cl)cccc5Cl)noc4C4CC4)C[C@@H]3C)sc2c1. The van der Waals surface area contributed by atoms with Gasteiger partial charge in [-0.05, 0) is 76.8 Å². The monoisotopic (exact) mass is 599 g/mol. The molecule has 6 rings (SSSR count). The van der Waals surface area contributed by atoms with Crippen molar-refractivity contribution in [1.29, 1.82) is 0 Å². The summed E-state index contributed by atoms with van der Waals surface area (Å²) in [6, 6.07) is 11.5. The van der Waals surface area contributed by atoms with Crippen LogP contribution in [0.3, 0.4) is 0 Å². The lowest BCUT2D eigenvalue weighted by molar-refractivity contribution is 0.00974. The topological polar surface area (TPSA) is 77.7 Å². The number of nitrogens with zero attached hydrogens (tertiary/aromatic N) is 3. The number of carbonyl (C=O) groups excluding carboxylic acids is 1. The van der Waals surface area contributed by atoms with Crippen molar-refractivity contribution in [3.05, 3.63) is 63.3 Å². The van der Waals surface area contributed by atoms with E-state index in [1.54, 1.807) is 17.4 Å². The summed E-state index contributed by atoms with van der Waals surface area (Å²) < 4.78 is 18.5. The molecule has 10 heteroatoms. The highest BCUT2D eigenvalue weighted by Gasteiger charge is 2.36. The summed E-state index contributed by atoms with van der Waals surface area (Å²) in [6.07, 6.45) is 3.98. The molecule has 1 aliphatic carbocycles. The Labute approximate surface area is 247 Å². The first-order valence-electron chi connectivity index (χ1n) is 13.7. The van der Waals surface area contributed by atoms with E-state index in [0.29, 0.717) is 46.0 Å². The Hall–Kier alpha value is -2.65. The van der Waals surface area contributed by atoms with Crippen LogP contribution >= 0.6 is 34.5 Å². The number of thiazole rings is 1. The van der Waals surface area contributed by atoms with Crippen LogP contribution in [0.5, 0.6) is 0 Å². The average Bonchev–Trinajstić information content (AvgIpc) is 3.54. The molecule has 0 N–H and O–H groups in total. The summed E-state index contributed by atoms with van der Waals surface area (Å²) in [4.78, 5) is 19.5. The van der Waals surface area contributed by atoms with Crippen LogP contribution in [0, 0.1) is 0 Å². The highest BCUT2D eigenvalue weighted by Crippen LogP contribution is 2.46. The van der Waals surface area contributed by atoms with Gasteiger partial charge in [0.15, 0.2) is 5.13 Å². The fourth-order valence-electron chi connectivity index (χ4n) is 5.65. The summed E-state index contributed by atoms with van der Waals surface area (Å²) in [5, 5.41) is 6.45. The van der Waals surface area contributed by atoms with Gasteiger partial charge in [0.05, 0.1) is 45.1 Å². The van der Waals surface area contributed by atoms with Crippen LogP contribution in [0.1, 0.15) is 74.1 Å².